The molecule has 104 valence electrons. The van der Waals surface area contributed by atoms with Gasteiger partial charge in [0.2, 0.25) is 12.2 Å². The molecule has 1 atom stereocenters. The molecule has 0 aliphatic heterocycles. The molecule has 0 bridgehead atoms. The van der Waals surface area contributed by atoms with Crippen LogP contribution in [0, 0.1) is 0 Å². The molecule has 4 nitrogen and oxygen atoms in total. The van der Waals surface area contributed by atoms with E-state index in [1.54, 1.807) is 18.2 Å². The van der Waals surface area contributed by atoms with Gasteiger partial charge in [-0.1, -0.05) is 36.4 Å². The van der Waals surface area contributed by atoms with Crippen molar-refractivity contribution in [2.45, 2.75) is 11.8 Å². The van der Waals surface area contributed by atoms with E-state index < -0.39 is 5.38 Å². The Bertz CT molecular complexity index is 682. The summed E-state index contributed by atoms with van der Waals surface area (Å²) in [5, 5.41) is -0.479. The maximum atomic E-state index is 10.5. The van der Waals surface area contributed by atoms with Gasteiger partial charge in [-0.3, -0.25) is 0 Å². The average molecular weight is 299 g/mol. The van der Waals surface area contributed by atoms with Crippen molar-refractivity contribution in [2.75, 3.05) is 0 Å². The van der Waals surface area contributed by atoms with Gasteiger partial charge < -0.3 is 0 Å². The molecule has 0 amide bonds. The molecular formula is C16H11ClN2O2. The van der Waals surface area contributed by atoms with E-state index in [4.69, 9.17) is 11.6 Å². The molecule has 21 heavy (non-hydrogen) atoms. The molecule has 0 aliphatic carbocycles. The van der Waals surface area contributed by atoms with Gasteiger partial charge in [-0.15, -0.1) is 11.6 Å². The first-order valence-electron chi connectivity index (χ1n) is 6.23. The molecule has 0 aliphatic rings. The highest BCUT2D eigenvalue weighted by Gasteiger charge is 2.18. The minimum atomic E-state index is -0.479. The van der Waals surface area contributed by atoms with Gasteiger partial charge in [0.1, 0.15) is 0 Å². The van der Waals surface area contributed by atoms with Gasteiger partial charge in [0.25, 0.3) is 0 Å². The molecule has 0 radical (unpaired) electrons. The van der Waals surface area contributed by atoms with E-state index in [0.717, 1.165) is 5.56 Å². The molecule has 0 saturated heterocycles. The van der Waals surface area contributed by atoms with Crippen LogP contribution in [0.5, 0.6) is 0 Å². The zero-order valence-electron chi connectivity index (χ0n) is 11.0. The van der Waals surface area contributed by atoms with Gasteiger partial charge in [0.05, 0.1) is 16.8 Å². The lowest BCUT2D eigenvalue weighted by molar-refractivity contribution is 0.565. The standard InChI is InChI=1S/C16H11ClN2O2/c17-13(9-12-5-2-1-3-6-12)16-14(18-10-20)7-4-8-15(16)19-11-21/h1-8,13H,9H2. The molecule has 0 fully saturated rings. The van der Waals surface area contributed by atoms with Crippen LogP contribution in [0.15, 0.2) is 58.5 Å². The van der Waals surface area contributed by atoms with Crippen molar-refractivity contribution in [1.82, 2.24) is 0 Å². The van der Waals surface area contributed by atoms with Crippen LogP contribution in [0.2, 0.25) is 0 Å². The van der Waals surface area contributed by atoms with Crippen LogP contribution in [-0.2, 0) is 16.0 Å². The quantitative estimate of drug-likeness (QED) is 0.473. The Hall–Kier alpha value is -2.51. The van der Waals surface area contributed by atoms with Crippen molar-refractivity contribution >= 4 is 35.1 Å². The number of aliphatic imine (C=N–C) groups is 2. The molecule has 1 unspecified atom stereocenters. The number of halogens is 1. The van der Waals surface area contributed by atoms with Crippen molar-refractivity contribution in [3.8, 4) is 0 Å². The number of hydrogen-bond acceptors (Lipinski definition) is 4. The normalized spacial score (nSPS) is 11.1. The summed E-state index contributed by atoms with van der Waals surface area (Å²) in [6.07, 6.45) is 3.50. The van der Waals surface area contributed by atoms with E-state index in [1.807, 2.05) is 30.3 Å². The lowest BCUT2D eigenvalue weighted by Crippen LogP contribution is -1.97. The van der Waals surface area contributed by atoms with Crippen molar-refractivity contribution in [3.05, 3.63) is 59.7 Å². The molecule has 0 heterocycles. The molecular weight excluding hydrogens is 288 g/mol. The van der Waals surface area contributed by atoms with Gasteiger partial charge in [-0.25, -0.2) is 9.59 Å². The van der Waals surface area contributed by atoms with Crippen LogP contribution in [0.1, 0.15) is 16.5 Å². The Morgan fingerprint density at radius 3 is 2.00 bits per heavy atom. The number of rotatable bonds is 5. The Kier molecular flexibility index (Phi) is 5.19. The fraction of sp³-hybridized carbons (Fsp3) is 0.125. The summed E-state index contributed by atoms with van der Waals surface area (Å²) in [7, 11) is 0. The molecule has 0 saturated carbocycles. The third-order valence-electron chi connectivity index (χ3n) is 2.96. The van der Waals surface area contributed by atoms with E-state index in [-0.39, 0.29) is 0 Å². The molecule has 2 rings (SSSR count). The van der Waals surface area contributed by atoms with E-state index in [9.17, 15) is 9.59 Å². The van der Waals surface area contributed by atoms with Crippen LogP contribution >= 0.6 is 11.6 Å². The van der Waals surface area contributed by atoms with Crippen LogP contribution < -0.4 is 0 Å². The number of isocyanates is 2. The minimum absolute atomic E-state index is 0.359. The monoisotopic (exact) mass is 298 g/mol. The molecule has 2 aromatic rings. The number of alkyl halides is 1. The molecule has 5 heteroatoms. The van der Waals surface area contributed by atoms with Gasteiger partial charge in [0.15, 0.2) is 0 Å². The summed E-state index contributed by atoms with van der Waals surface area (Å²) in [6, 6.07) is 14.5. The second-order valence-corrected chi connectivity index (χ2v) is 4.80. The SMILES string of the molecule is O=C=Nc1cccc(N=C=O)c1C(Cl)Cc1ccccc1. The zero-order valence-corrected chi connectivity index (χ0v) is 11.7. The van der Waals surface area contributed by atoms with Crippen LogP contribution in [0.4, 0.5) is 11.4 Å². The van der Waals surface area contributed by atoms with Crippen molar-refractivity contribution in [3.63, 3.8) is 0 Å². The first-order valence-corrected chi connectivity index (χ1v) is 6.66. The van der Waals surface area contributed by atoms with Crippen molar-refractivity contribution in [1.29, 1.82) is 0 Å². The van der Waals surface area contributed by atoms with Crippen LogP contribution in [0.25, 0.3) is 0 Å². The molecule has 0 aromatic heterocycles. The summed E-state index contributed by atoms with van der Waals surface area (Å²) in [5.74, 6) is 0. The minimum Gasteiger partial charge on any atom is -0.211 e. The van der Waals surface area contributed by atoms with Gasteiger partial charge >= 0.3 is 0 Å². The summed E-state index contributed by atoms with van der Waals surface area (Å²) in [5.41, 5.74) is 2.27. The van der Waals surface area contributed by atoms with E-state index in [1.165, 1.54) is 12.2 Å². The first-order chi connectivity index (χ1) is 10.3. The number of hydrogen-bond donors (Lipinski definition) is 0. The van der Waals surface area contributed by atoms with E-state index in [0.29, 0.717) is 23.4 Å². The van der Waals surface area contributed by atoms with Gasteiger partial charge in [-0.05, 0) is 24.1 Å². The number of benzene rings is 2. The highest BCUT2D eigenvalue weighted by Crippen LogP contribution is 2.39. The summed E-state index contributed by atoms with van der Waals surface area (Å²) in [4.78, 5) is 28.3. The zero-order chi connectivity index (χ0) is 15.1. The van der Waals surface area contributed by atoms with Crippen LogP contribution in [0.3, 0.4) is 0 Å². The lowest BCUT2D eigenvalue weighted by Gasteiger charge is -2.14. The fourth-order valence-corrected chi connectivity index (χ4v) is 2.48. The lowest BCUT2D eigenvalue weighted by atomic mass is 10.0. The Labute approximate surface area is 126 Å². The second-order valence-electron chi connectivity index (χ2n) is 4.27. The summed E-state index contributed by atoms with van der Waals surface area (Å²) < 4.78 is 0. The second kappa shape index (κ2) is 7.32. The summed E-state index contributed by atoms with van der Waals surface area (Å²) >= 11 is 6.44. The number of nitrogens with zero attached hydrogens (tertiary/aromatic N) is 2. The third-order valence-corrected chi connectivity index (χ3v) is 3.34. The predicted octanol–water partition coefficient (Wildman–Crippen LogP) is 4.14. The van der Waals surface area contributed by atoms with Crippen LogP contribution in [-0.4, -0.2) is 12.2 Å². The van der Waals surface area contributed by atoms with Crippen molar-refractivity contribution < 1.29 is 9.59 Å². The van der Waals surface area contributed by atoms with E-state index in [2.05, 4.69) is 9.98 Å². The largest absolute Gasteiger partial charge is 0.240 e. The highest BCUT2D eigenvalue weighted by molar-refractivity contribution is 6.21. The summed E-state index contributed by atoms with van der Waals surface area (Å²) in [6.45, 7) is 0. The number of carbonyl (C=O) groups excluding carboxylic acids is 2. The topological polar surface area (TPSA) is 58.9 Å². The Morgan fingerprint density at radius 2 is 1.48 bits per heavy atom. The smallest absolute Gasteiger partial charge is 0.211 e. The fourth-order valence-electron chi connectivity index (χ4n) is 2.08. The Balaban J connectivity index is 2.44. The van der Waals surface area contributed by atoms with E-state index >= 15 is 0 Å². The maximum absolute atomic E-state index is 10.5. The first kappa shape index (κ1) is 14.9. The maximum Gasteiger partial charge on any atom is 0.240 e. The van der Waals surface area contributed by atoms with Gasteiger partial charge in [0, 0.05) is 5.56 Å². The van der Waals surface area contributed by atoms with Crippen molar-refractivity contribution in [2.24, 2.45) is 9.98 Å². The third kappa shape index (κ3) is 3.74. The average Bonchev–Trinajstić information content (AvgIpc) is 2.49. The predicted molar refractivity (Wildman–Crippen MR) is 80.7 cm³/mol. The Morgan fingerprint density at radius 1 is 0.905 bits per heavy atom. The highest BCUT2D eigenvalue weighted by atomic mass is 35.5. The molecule has 0 N–H and O–H groups in total. The molecule has 0 spiro atoms. The molecule has 2 aromatic carbocycles. The van der Waals surface area contributed by atoms with Gasteiger partial charge in [-0.2, -0.15) is 9.98 Å².